The van der Waals surface area contributed by atoms with Gasteiger partial charge in [0.15, 0.2) is 11.3 Å². The van der Waals surface area contributed by atoms with Crippen LogP contribution in [0.15, 0.2) is 59.5 Å². The number of halogens is 1. The van der Waals surface area contributed by atoms with Crippen molar-refractivity contribution < 1.29 is 9.18 Å². The van der Waals surface area contributed by atoms with Crippen molar-refractivity contribution in [2.24, 2.45) is 0 Å². The van der Waals surface area contributed by atoms with E-state index < -0.39 is 0 Å². The smallest absolute Gasteiger partial charge is 0.181 e. The number of carbonyl (C=O) groups is 1. The van der Waals surface area contributed by atoms with Crippen molar-refractivity contribution in [3.63, 3.8) is 0 Å². The van der Waals surface area contributed by atoms with Crippen LogP contribution in [0.25, 0.3) is 28.2 Å². The molecule has 0 aliphatic carbocycles. The fraction of sp³-hybridized carbons (Fsp3) is 0.0500. The number of rotatable bonds is 5. The SMILES string of the molecule is CNc1ccc(-n2c(-c3ccc(F)cc3)nc3ccc(N)nc32)cc1SC=O. The third-order valence-corrected chi connectivity index (χ3v) is 4.98. The Hall–Kier alpha value is -3.39. The molecule has 4 rings (SSSR count). The van der Waals surface area contributed by atoms with Gasteiger partial charge in [0.1, 0.15) is 23.0 Å². The Balaban J connectivity index is 2.00. The molecule has 3 N–H and O–H groups in total. The first kappa shape index (κ1) is 18.0. The summed E-state index contributed by atoms with van der Waals surface area (Å²) in [5.41, 5.74) is 10.3. The molecule has 0 amide bonds. The van der Waals surface area contributed by atoms with E-state index in [-0.39, 0.29) is 5.82 Å². The zero-order chi connectivity index (χ0) is 19.7. The predicted octanol–water partition coefficient (Wildman–Crippen LogP) is 4.13. The summed E-state index contributed by atoms with van der Waals surface area (Å²) >= 11 is 1.08. The number of fused-ring (bicyclic) bond motifs is 1. The number of hydrogen-bond donors (Lipinski definition) is 2. The topological polar surface area (TPSA) is 85.8 Å². The second-order valence-corrected chi connectivity index (χ2v) is 6.87. The fourth-order valence-electron chi connectivity index (χ4n) is 3.02. The summed E-state index contributed by atoms with van der Waals surface area (Å²) < 4.78 is 15.3. The first-order chi connectivity index (χ1) is 13.6. The van der Waals surface area contributed by atoms with Gasteiger partial charge in [0.2, 0.25) is 0 Å². The number of imidazole rings is 1. The van der Waals surface area contributed by atoms with Crippen molar-refractivity contribution in [2.75, 3.05) is 18.1 Å². The maximum Gasteiger partial charge on any atom is 0.181 e. The molecule has 0 unspecified atom stereocenters. The number of nitrogen functional groups attached to an aromatic ring is 1. The molecule has 6 nitrogen and oxygen atoms in total. The molecule has 2 aromatic carbocycles. The Morgan fingerprint density at radius 2 is 1.89 bits per heavy atom. The highest BCUT2D eigenvalue weighted by Crippen LogP contribution is 2.33. The third-order valence-electron chi connectivity index (χ3n) is 4.30. The number of hydrogen-bond acceptors (Lipinski definition) is 6. The predicted molar refractivity (Wildman–Crippen MR) is 111 cm³/mol. The van der Waals surface area contributed by atoms with Gasteiger partial charge in [-0.25, -0.2) is 14.4 Å². The summed E-state index contributed by atoms with van der Waals surface area (Å²) in [6.07, 6.45) is 0. The normalized spacial score (nSPS) is 10.9. The van der Waals surface area contributed by atoms with Crippen molar-refractivity contribution in [1.29, 1.82) is 0 Å². The number of nitrogens with one attached hydrogen (secondary N) is 1. The zero-order valence-corrected chi connectivity index (χ0v) is 15.7. The van der Waals surface area contributed by atoms with Crippen LogP contribution in [0.5, 0.6) is 0 Å². The van der Waals surface area contributed by atoms with Crippen LogP contribution in [-0.4, -0.2) is 27.2 Å². The standard InChI is InChI=1S/C20H16FN5OS/c1-23-15-7-6-14(10-17(15)28-11-27)26-19(12-2-4-13(21)5-3-12)24-16-8-9-18(22)25-20(16)26/h2-11,23H,1H3,(H2,22,25). The average Bonchev–Trinajstić information content (AvgIpc) is 3.07. The van der Waals surface area contributed by atoms with Gasteiger partial charge >= 0.3 is 0 Å². The van der Waals surface area contributed by atoms with Crippen LogP contribution < -0.4 is 11.1 Å². The van der Waals surface area contributed by atoms with Gasteiger partial charge in [0.25, 0.3) is 0 Å². The van der Waals surface area contributed by atoms with Gasteiger partial charge in [-0.3, -0.25) is 9.36 Å². The maximum absolute atomic E-state index is 13.4. The Kier molecular flexibility index (Phi) is 4.70. The van der Waals surface area contributed by atoms with E-state index in [9.17, 15) is 9.18 Å². The van der Waals surface area contributed by atoms with E-state index >= 15 is 0 Å². The lowest BCUT2D eigenvalue weighted by atomic mass is 10.2. The van der Waals surface area contributed by atoms with E-state index in [0.29, 0.717) is 22.8 Å². The molecule has 28 heavy (non-hydrogen) atoms. The Bertz CT molecular complexity index is 1170. The van der Waals surface area contributed by atoms with E-state index in [4.69, 9.17) is 5.73 Å². The molecule has 140 valence electrons. The Morgan fingerprint density at radius 1 is 1.11 bits per heavy atom. The molecular weight excluding hydrogens is 377 g/mol. The van der Waals surface area contributed by atoms with Gasteiger partial charge in [-0.05, 0) is 54.6 Å². The van der Waals surface area contributed by atoms with Gasteiger partial charge in [0.05, 0.1) is 5.69 Å². The second kappa shape index (κ2) is 7.32. The van der Waals surface area contributed by atoms with Gasteiger partial charge in [-0.15, -0.1) is 0 Å². The van der Waals surface area contributed by atoms with Crippen molar-refractivity contribution in [3.8, 4) is 17.1 Å². The molecule has 0 aliphatic rings. The number of pyridine rings is 1. The lowest BCUT2D eigenvalue weighted by Gasteiger charge is -2.13. The third kappa shape index (κ3) is 3.18. The van der Waals surface area contributed by atoms with Crippen LogP contribution in [0.1, 0.15) is 0 Å². The minimum absolute atomic E-state index is 0.322. The van der Waals surface area contributed by atoms with Crippen LogP contribution in [0.2, 0.25) is 0 Å². The highest BCUT2D eigenvalue weighted by Gasteiger charge is 2.17. The van der Waals surface area contributed by atoms with Gasteiger partial charge in [0, 0.05) is 23.2 Å². The van der Waals surface area contributed by atoms with Crippen LogP contribution in [0, 0.1) is 5.82 Å². The Morgan fingerprint density at radius 3 is 2.61 bits per heavy atom. The lowest BCUT2D eigenvalue weighted by Crippen LogP contribution is -2.01. The van der Waals surface area contributed by atoms with E-state index in [1.807, 2.05) is 22.8 Å². The number of nitrogens with two attached hydrogens (primary N) is 1. The largest absolute Gasteiger partial charge is 0.387 e. The Labute approximate surface area is 164 Å². The van der Waals surface area contributed by atoms with Crippen molar-refractivity contribution in [1.82, 2.24) is 14.5 Å². The number of benzene rings is 2. The number of aromatic nitrogens is 3. The first-order valence-electron chi connectivity index (χ1n) is 8.44. The summed E-state index contributed by atoms with van der Waals surface area (Å²) in [5, 5.41) is 3.07. The van der Waals surface area contributed by atoms with Crippen molar-refractivity contribution in [2.45, 2.75) is 4.90 Å². The summed E-state index contributed by atoms with van der Waals surface area (Å²) in [4.78, 5) is 21.0. The second-order valence-electron chi connectivity index (χ2n) is 6.00. The molecule has 0 bridgehead atoms. The molecule has 2 aromatic heterocycles. The minimum atomic E-state index is -0.322. The molecule has 0 radical (unpaired) electrons. The summed E-state index contributed by atoms with van der Waals surface area (Å²) in [6.45, 7) is 0. The van der Waals surface area contributed by atoms with E-state index in [1.54, 1.807) is 31.3 Å². The van der Waals surface area contributed by atoms with E-state index in [1.165, 1.54) is 12.1 Å². The molecule has 0 fully saturated rings. The molecule has 0 atom stereocenters. The van der Waals surface area contributed by atoms with Crippen LogP contribution in [0.4, 0.5) is 15.9 Å². The average molecular weight is 393 g/mol. The van der Waals surface area contributed by atoms with Crippen LogP contribution in [0.3, 0.4) is 0 Å². The number of nitrogens with zero attached hydrogens (tertiary/aromatic N) is 3. The van der Waals surface area contributed by atoms with Crippen molar-refractivity contribution in [3.05, 3.63) is 60.4 Å². The molecule has 2 heterocycles. The van der Waals surface area contributed by atoms with Gasteiger partial charge in [-0.2, -0.15) is 0 Å². The maximum atomic E-state index is 13.4. The number of thioether (sulfide) groups is 1. The van der Waals surface area contributed by atoms with Crippen molar-refractivity contribution >= 4 is 40.0 Å². The summed E-state index contributed by atoms with van der Waals surface area (Å²) in [5.74, 6) is 0.651. The summed E-state index contributed by atoms with van der Waals surface area (Å²) in [6, 6.07) is 15.3. The van der Waals surface area contributed by atoms with Crippen LogP contribution in [-0.2, 0) is 4.79 Å². The molecule has 0 saturated carbocycles. The molecule has 8 heteroatoms. The zero-order valence-electron chi connectivity index (χ0n) is 14.9. The van der Waals surface area contributed by atoms with Crippen LogP contribution >= 0.6 is 11.8 Å². The molecule has 0 aliphatic heterocycles. The quantitative estimate of drug-likeness (QED) is 0.392. The summed E-state index contributed by atoms with van der Waals surface area (Å²) in [7, 11) is 1.79. The molecule has 4 aromatic rings. The molecule has 0 spiro atoms. The van der Waals surface area contributed by atoms with E-state index in [0.717, 1.165) is 39.2 Å². The van der Waals surface area contributed by atoms with Gasteiger partial charge < -0.3 is 11.1 Å². The molecular formula is C20H16FN5OS. The lowest BCUT2D eigenvalue weighted by molar-refractivity contribution is 0.570. The monoisotopic (exact) mass is 393 g/mol. The highest BCUT2D eigenvalue weighted by atomic mass is 32.2. The number of carbonyl (C=O) groups excluding carboxylic acids is 1. The molecule has 0 saturated heterocycles. The minimum Gasteiger partial charge on any atom is -0.387 e. The fourth-order valence-corrected chi connectivity index (χ4v) is 3.60. The van der Waals surface area contributed by atoms with Gasteiger partial charge in [-0.1, -0.05) is 11.8 Å². The van der Waals surface area contributed by atoms with E-state index in [2.05, 4.69) is 15.3 Å². The highest BCUT2D eigenvalue weighted by molar-refractivity contribution is 8.12. The number of anilines is 2. The first-order valence-corrected chi connectivity index (χ1v) is 9.32.